The highest BCUT2D eigenvalue weighted by Gasteiger charge is 2.35. The molecule has 0 atom stereocenters. The average molecular weight is 324 g/mol. The zero-order valence-electron chi connectivity index (χ0n) is 13.4. The van der Waals surface area contributed by atoms with E-state index < -0.39 is 0 Å². The Labute approximate surface area is 143 Å². The van der Waals surface area contributed by atoms with Crippen molar-refractivity contribution in [1.29, 1.82) is 0 Å². The molecule has 4 heterocycles. The number of para-hydroxylation sites is 1. The number of aromatic nitrogens is 5. The van der Waals surface area contributed by atoms with E-state index in [9.17, 15) is 0 Å². The first-order valence-electron chi connectivity index (χ1n) is 8.32. The molecule has 0 bridgehead atoms. The largest absolute Gasteiger partial charge is 0.295 e. The van der Waals surface area contributed by atoms with Gasteiger partial charge in [0.1, 0.15) is 5.69 Å². The molecule has 0 amide bonds. The zero-order chi connectivity index (χ0) is 16.4. The fraction of sp³-hybridized carbons (Fsp3) is 0.0500. The zero-order valence-corrected chi connectivity index (χ0v) is 13.4. The van der Waals surface area contributed by atoms with Gasteiger partial charge in [0.05, 0.1) is 30.7 Å². The standard InChI is InChI=1S/C20H14N5/c1-2-7-15(8-3-1)25-18-20(23-11-10-21-12-17(23)22-18)24-13-14-6-4-5-9-16(14)19(24)25/h1-12H,13H2/q+1. The normalized spacial score (nSPS) is 12.6. The first kappa shape index (κ1) is 12.9. The third-order valence-corrected chi connectivity index (χ3v) is 4.92. The van der Waals surface area contributed by atoms with E-state index in [-0.39, 0.29) is 0 Å². The highest BCUT2D eigenvalue weighted by atomic mass is 15.3. The van der Waals surface area contributed by atoms with E-state index in [4.69, 9.17) is 4.98 Å². The van der Waals surface area contributed by atoms with Gasteiger partial charge in [-0.3, -0.25) is 4.98 Å². The number of fused-ring (bicyclic) bond motifs is 7. The van der Waals surface area contributed by atoms with Gasteiger partial charge in [0.15, 0.2) is 0 Å². The maximum absolute atomic E-state index is 4.87. The molecule has 0 N–H and O–H groups in total. The summed E-state index contributed by atoms with van der Waals surface area (Å²) in [4.78, 5) is 9.09. The Bertz CT molecular complexity index is 1260. The van der Waals surface area contributed by atoms with E-state index in [1.54, 1.807) is 0 Å². The maximum Gasteiger partial charge on any atom is 0.295 e. The number of rotatable bonds is 1. The van der Waals surface area contributed by atoms with Gasteiger partial charge in [-0.05, 0) is 18.2 Å². The topological polar surface area (TPSA) is 39.0 Å². The minimum atomic E-state index is 0.859. The van der Waals surface area contributed by atoms with E-state index in [2.05, 4.69) is 67.0 Å². The van der Waals surface area contributed by atoms with Crippen LogP contribution in [0.3, 0.4) is 0 Å². The lowest BCUT2D eigenvalue weighted by Crippen LogP contribution is -2.32. The van der Waals surface area contributed by atoms with Crippen LogP contribution in [0.15, 0.2) is 73.2 Å². The van der Waals surface area contributed by atoms with Crippen molar-refractivity contribution in [3.8, 4) is 17.1 Å². The molecule has 0 saturated carbocycles. The Balaban J connectivity index is 1.83. The first-order chi connectivity index (χ1) is 12.4. The van der Waals surface area contributed by atoms with E-state index in [0.717, 1.165) is 29.2 Å². The molecule has 118 valence electrons. The van der Waals surface area contributed by atoms with E-state index in [1.165, 1.54) is 17.0 Å². The fourth-order valence-corrected chi connectivity index (χ4v) is 3.89. The predicted octanol–water partition coefficient (Wildman–Crippen LogP) is 2.99. The van der Waals surface area contributed by atoms with Crippen LogP contribution < -0.4 is 4.57 Å². The quantitative estimate of drug-likeness (QED) is 0.436. The highest BCUT2D eigenvalue weighted by molar-refractivity contribution is 5.79. The fourth-order valence-electron chi connectivity index (χ4n) is 3.89. The average Bonchev–Trinajstić information content (AvgIpc) is 3.29. The molecule has 0 spiro atoms. The second-order valence-corrected chi connectivity index (χ2v) is 6.30. The lowest BCUT2D eigenvalue weighted by Gasteiger charge is -2.02. The summed E-state index contributed by atoms with van der Waals surface area (Å²) in [6.45, 7) is 0.859. The third-order valence-electron chi connectivity index (χ3n) is 4.92. The van der Waals surface area contributed by atoms with Gasteiger partial charge < -0.3 is 0 Å². The number of imidazole rings is 2. The van der Waals surface area contributed by atoms with Crippen molar-refractivity contribution in [2.75, 3.05) is 0 Å². The summed E-state index contributed by atoms with van der Waals surface area (Å²) in [5.41, 5.74) is 6.66. The van der Waals surface area contributed by atoms with Crippen LogP contribution in [0.5, 0.6) is 0 Å². The molecule has 3 aromatic heterocycles. The summed E-state index contributed by atoms with van der Waals surface area (Å²) in [7, 11) is 0. The lowest BCUT2D eigenvalue weighted by molar-refractivity contribution is -0.648. The van der Waals surface area contributed by atoms with Gasteiger partial charge in [0.2, 0.25) is 11.5 Å². The summed E-state index contributed by atoms with van der Waals surface area (Å²) < 4.78 is 6.73. The molecule has 5 aromatic rings. The van der Waals surface area contributed by atoms with Gasteiger partial charge in [0, 0.05) is 5.56 Å². The van der Waals surface area contributed by atoms with Gasteiger partial charge in [-0.15, -0.1) is 0 Å². The van der Waals surface area contributed by atoms with Gasteiger partial charge in [-0.1, -0.05) is 36.4 Å². The molecule has 25 heavy (non-hydrogen) atoms. The van der Waals surface area contributed by atoms with Gasteiger partial charge in [-0.2, -0.15) is 4.98 Å². The molecular formula is C20H14N5+. The second kappa shape index (κ2) is 4.54. The Hall–Kier alpha value is -3.47. The van der Waals surface area contributed by atoms with Gasteiger partial charge in [0.25, 0.3) is 11.3 Å². The number of hydrogen-bond donors (Lipinski definition) is 0. The van der Waals surface area contributed by atoms with E-state index in [0.29, 0.717) is 0 Å². The highest BCUT2D eigenvalue weighted by Crippen LogP contribution is 2.33. The van der Waals surface area contributed by atoms with Crippen molar-refractivity contribution >= 4 is 16.9 Å². The number of benzene rings is 2. The minimum absolute atomic E-state index is 0.859. The molecular weight excluding hydrogens is 310 g/mol. The smallest absolute Gasteiger partial charge is 0.256 e. The molecule has 0 unspecified atom stereocenters. The van der Waals surface area contributed by atoms with Crippen LogP contribution in [0.25, 0.3) is 34.0 Å². The van der Waals surface area contributed by atoms with Crippen LogP contribution in [0, 0.1) is 0 Å². The number of nitrogens with zero attached hydrogens (tertiary/aromatic N) is 5. The van der Waals surface area contributed by atoms with E-state index in [1.807, 2.05) is 24.7 Å². The Kier molecular flexibility index (Phi) is 2.34. The second-order valence-electron chi connectivity index (χ2n) is 6.30. The minimum Gasteiger partial charge on any atom is -0.256 e. The third kappa shape index (κ3) is 1.59. The molecule has 0 fully saturated rings. The van der Waals surface area contributed by atoms with Crippen LogP contribution in [0.1, 0.15) is 5.56 Å². The van der Waals surface area contributed by atoms with Gasteiger partial charge >= 0.3 is 0 Å². The summed E-state index contributed by atoms with van der Waals surface area (Å²) in [6, 6.07) is 19.0. The molecule has 2 aromatic carbocycles. The molecule has 0 radical (unpaired) electrons. The van der Waals surface area contributed by atoms with Crippen molar-refractivity contribution in [2.24, 2.45) is 0 Å². The van der Waals surface area contributed by atoms with E-state index >= 15 is 0 Å². The van der Waals surface area contributed by atoms with Crippen molar-refractivity contribution in [3.63, 3.8) is 0 Å². The van der Waals surface area contributed by atoms with Crippen LogP contribution in [0.2, 0.25) is 0 Å². The summed E-state index contributed by atoms with van der Waals surface area (Å²) in [6.07, 6.45) is 5.60. The van der Waals surface area contributed by atoms with Gasteiger partial charge in [-0.25, -0.2) is 13.5 Å². The van der Waals surface area contributed by atoms with Crippen LogP contribution >= 0.6 is 0 Å². The molecule has 5 heteroatoms. The van der Waals surface area contributed by atoms with Crippen molar-refractivity contribution in [3.05, 3.63) is 78.8 Å². The molecule has 0 saturated heterocycles. The Morgan fingerprint density at radius 2 is 1.80 bits per heavy atom. The van der Waals surface area contributed by atoms with Crippen LogP contribution in [0.4, 0.5) is 0 Å². The van der Waals surface area contributed by atoms with Crippen molar-refractivity contribution < 1.29 is 4.57 Å². The molecule has 1 aliphatic rings. The van der Waals surface area contributed by atoms with Crippen LogP contribution in [-0.4, -0.2) is 18.9 Å². The molecule has 1 aliphatic heterocycles. The summed E-state index contributed by atoms with van der Waals surface area (Å²) in [5, 5.41) is 0. The summed E-state index contributed by atoms with van der Waals surface area (Å²) in [5.74, 6) is 1.19. The van der Waals surface area contributed by atoms with Crippen molar-refractivity contribution in [1.82, 2.24) is 18.9 Å². The molecule has 6 rings (SSSR count). The Morgan fingerprint density at radius 1 is 0.960 bits per heavy atom. The van der Waals surface area contributed by atoms with Crippen LogP contribution in [-0.2, 0) is 6.54 Å². The van der Waals surface area contributed by atoms with Crippen molar-refractivity contribution in [2.45, 2.75) is 6.54 Å². The molecule has 0 aliphatic carbocycles. The maximum atomic E-state index is 4.87. The predicted molar refractivity (Wildman–Crippen MR) is 94.6 cm³/mol. The first-order valence-corrected chi connectivity index (χ1v) is 8.32. The monoisotopic (exact) mass is 324 g/mol. The number of hydrogen-bond acceptors (Lipinski definition) is 2. The summed E-state index contributed by atoms with van der Waals surface area (Å²) >= 11 is 0. The molecule has 5 nitrogen and oxygen atoms in total. The Morgan fingerprint density at radius 3 is 2.72 bits per heavy atom. The SMILES string of the molecule is c1ccc(-n2c3[n+](c4c2nc2cnccn24)Cc2ccccc2-3)cc1. The lowest BCUT2D eigenvalue weighted by atomic mass is 10.1.